The van der Waals surface area contributed by atoms with Crippen LogP contribution in [0.25, 0.3) is 41.5 Å². The number of nitrogens with zero attached hydrogens (tertiary/aromatic N) is 5. The average Bonchev–Trinajstić information content (AvgIpc) is 0.887. The van der Waals surface area contributed by atoms with Crippen LogP contribution in [0.5, 0.6) is 11.5 Å². The molecule has 15 aromatic carbocycles. The minimum absolute atomic E-state index is 0.174. The molecule has 0 unspecified atom stereocenters. The van der Waals surface area contributed by atoms with Crippen LogP contribution in [-0.4, -0.2) is 27.9 Å². The van der Waals surface area contributed by atoms with Crippen molar-refractivity contribution in [3.05, 3.63) is 358 Å². The zero-order chi connectivity index (χ0) is 65.1. The molecule has 4 aliphatic rings. The van der Waals surface area contributed by atoms with Gasteiger partial charge in [0, 0.05) is 16.8 Å². The molecule has 4 aliphatic heterocycles. The van der Waals surface area contributed by atoms with E-state index in [-0.39, 0.29) is 27.9 Å². The molecule has 0 radical (unpaired) electrons. The van der Waals surface area contributed by atoms with Crippen LogP contribution in [-0.2, 0) is 0 Å². The van der Waals surface area contributed by atoms with Crippen molar-refractivity contribution >= 4 is 165 Å². The Bertz CT molecular complexity index is 5800. The van der Waals surface area contributed by atoms with Crippen LogP contribution >= 0.6 is 0 Å². The standard InChI is InChI=1S/C90H59B2N5OSe/c1-7-29-60(30-8-1)69-41-19-24-46-77(69)94(64-37-15-5-16-38-64)68-56-84-90-86(57-68)98-85-59-81-75(58-76(85)92(90)74-45-23-27-49-80(74)97(84)78-47-25-20-42-70(78)61-31-9-2-10-32-61)91-73-44-22-26-48-79(73)95(65-39-17-6-18-40-65)82-54-67(93(62-33-11-3-12-34-62)63-35-13-4-14-36-63)55-83(89(82)91)96(81)66-51-52-88-72(53-66)71-43-21-28-50-87(71)99-88/h1-59H. The molecule has 5 heterocycles. The third-order valence-electron chi connectivity index (χ3n) is 20.4. The maximum Gasteiger partial charge on any atom is -0.0543 e. The van der Waals surface area contributed by atoms with Gasteiger partial charge in [-0.25, -0.2) is 0 Å². The first kappa shape index (κ1) is 57.0. The van der Waals surface area contributed by atoms with Crippen LogP contribution in [0, 0.1) is 0 Å². The summed E-state index contributed by atoms with van der Waals surface area (Å²) in [6.07, 6.45) is 0. The minimum atomic E-state index is -0.239. The van der Waals surface area contributed by atoms with E-state index in [9.17, 15) is 0 Å². The minimum Gasteiger partial charge on any atom is -0.0616 e. The largest absolute Gasteiger partial charge is 0.0616 e. The molecule has 0 N–H and O–H groups in total. The summed E-state index contributed by atoms with van der Waals surface area (Å²) < 4.78 is 10.8. The second-order valence-corrected chi connectivity index (χ2v) is 28.1. The van der Waals surface area contributed by atoms with E-state index in [1.165, 1.54) is 41.1 Å². The van der Waals surface area contributed by atoms with Gasteiger partial charge in [-0.15, -0.1) is 0 Å². The summed E-state index contributed by atoms with van der Waals surface area (Å²) in [4.78, 5) is 12.5. The molecule has 6 nitrogen and oxygen atoms in total. The Morgan fingerprint density at radius 2 is 0.737 bits per heavy atom. The van der Waals surface area contributed by atoms with E-state index in [1.807, 2.05) is 0 Å². The van der Waals surface area contributed by atoms with Crippen LogP contribution in [0.3, 0.4) is 0 Å². The predicted molar refractivity (Wildman–Crippen MR) is 419 cm³/mol. The fourth-order valence-electron chi connectivity index (χ4n) is 16.3. The van der Waals surface area contributed by atoms with Crippen molar-refractivity contribution in [2.24, 2.45) is 0 Å². The van der Waals surface area contributed by atoms with E-state index in [2.05, 4.69) is 382 Å². The maximum absolute atomic E-state index is 8.01. The van der Waals surface area contributed by atoms with Crippen molar-refractivity contribution in [2.75, 3.05) is 24.5 Å². The third-order valence-corrected chi connectivity index (χ3v) is 22.8. The molecule has 1 aromatic heterocycles. The number of fused-ring (bicyclic) bond motifs is 11. The SMILES string of the molecule is c1ccc(-c2ccccc2N(c2ccccc2)c2cc3c4c(c2)N(c2ccccc2-c2ccccc2)c2ccccc2B4c2cc4c(cc2O3)N(c2ccc3[se]c5ccccc5c3c2)c2cc(N(c3ccccc3)c3ccccc3)cc3c2B4c2ccccc2N3c2ccccc2)cc1. The normalized spacial score (nSPS) is 12.8. The van der Waals surface area contributed by atoms with Gasteiger partial charge >= 0.3 is 355 Å². The van der Waals surface area contributed by atoms with Gasteiger partial charge in [0.1, 0.15) is 0 Å². The topological polar surface area (TPSA) is 25.4 Å². The molecule has 0 bridgehead atoms. The summed E-state index contributed by atoms with van der Waals surface area (Å²) in [7, 11) is 0. The van der Waals surface area contributed by atoms with Gasteiger partial charge in [-0.2, -0.15) is 0 Å². The van der Waals surface area contributed by atoms with E-state index in [0.29, 0.717) is 0 Å². The Morgan fingerprint density at radius 3 is 1.39 bits per heavy atom. The monoisotopic (exact) mass is 1330 g/mol. The number of para-hydroxylation sites is 8. The number of ether oxygens (including phenoxy) is 1. The van der Waals surface area contributed by atoms with Crippen LogP contribution in [0.1, 0.15) is 0 Å². The molecule has 0 aliphatic carbocycles. The Kier molecular flexibility index (Phi) is 13.4. The molecular weight excluding hydrogens is 1270 g/mol. The van der Waals surface area contributed by atoms with Gasteiger partial charge in [0.2, 0.25) is 0 Å². The van der Waals surface area contributed by atoms with Crippen LogP contribution < -0.4 is 62.0 Å². The summed E-state index contributed by atoms with van der Waals surface area (Å²) >= 11 is 0.174. The molecule has 0 fully saturated rings. The molecule has 9 heteroatoms. The van der Waals surface area contributed by atoms with E-state index in [1.54, 1.807) is 0 Å². The number of hydrogen-bond donors (Lipinski definition) is 0. The van der Waals surface area contributed by atoms with E-state index in [0.717, 1.165) is 130 Å². The van der Waals surface area contributed by atoms with Crippen molar-refractivity contribution in [3.8, 4) is 33.8 Å². The smallest absolute Gasteiger partial charge is 0.0543 e. The predicted octanol–water partition coefficient (Wildman–Crippen LogP) is 19.8. The molecule has 99 heavy (non-hydrogen) atoms. The summed E-state index contributed by atoms with van der Waals surface area (Å²) in [5.41, 5.74) is 27.8. The van der Waals surface area contributed by atoms with Gasteiger partial charge in [0.15, 0.2) is 0 Å². The Morgan fingerprint density at radius 1 is 0.263 bits per heavy atom. The van der Waals surface area contributed by atoms with Gasteiger partial charge in [-0.05, 0) is 47.5 Å². The van der Waals surface area contributed by atoms with Crippen molar-refractivity contribution in [1.82, 2.24) is 0 Å². The second-order valence-electron chi connectivity index (χ2n) is 25.9. The Hall–Kier alpha value is -12.3. The van der Waals surface area contributed by atoms with Crippen LogP contribution in [0.4, 0.5) is 85.3 Å². The van der Waals surface area contributed by atoms with E-state index >= 15 is 0 Å². The number of benzene rings is 15. The molecule has 462 valence electrons. The fourth-order valence-corrected chi connectivity index (χ4v) is 18.6. The summed E-state index contributed by atoms with van der Waals surface area (Å²) in [5, 5.41) is 2.61. The molecular formula is C90H59B2N5OSe. The quantitative estimate of drug-likeness (QED) is 0.120. The zero-order valence-electron chi connectivity index (χ0n) is 53.8. The molecule has 0 saturated carbocycles. The zero-order valence-corrected chi connectivity index (χ0v) is 55.5. The van der Waals surface area contributed by atoms with Crippen molar-refractivity contribution in [2.45, 2.75) is 0 Å². The Labute approximate surface area is 582 Å². The molecule has 20 rings (SSSR count). The molecule has 0 saturated heterocycles. The summed E-state index contributed by atoms with van der Waals surface area (Å²) in [6.45, 7) is -0.436. The molecule has 0 atom stereocenters. The average molecular weight is 1330 g/mol. The van der Waals surface area contributed by atoms with Crippen molar-refractivity contribution < 1.29 is 4.74 Å². The van der Waals surface area contributed by atoms with Gasteiger partial charge in [0.05, 0.1) is 11.4 Å². The molecule has 0 amide bonds. The van der Waals surface area contributed by atoms with Gasteiger partial charge in [-0.3, -0.25) is 0 Å². The van der Waals surface area contributed by atoms with Crippen LogP contribution in [0.2, 0.25) is 0 Å². The fraction of sp³-hybridized carbons (Fsp3) is 0. The van der Waals surface area contributed by atoms with Gasteiger partial charge in [0.25, 0.3) is 0 Å². The maximum atomic E-state index is 8.01. The van der Waals surface area contributed by atoms with E-state index in [4.69, 9.17) is 4.74 Å². The third kappa shape index (κ3) is 9.20. The molecule has 0 spiro atoms. The summed E-state index contributed by atoms with van der Waals surface area (Å²) in [6, 6.07) is 132. The first-order valence-corrected chi connectivity index (χ1v) is 35.7. The first-order valence-electron chi connectivity index (χ1n) is 34.0. The number of hydrogen-bond acceptors (Lipinski definition) is 6. The number of anilines is 15. The summed E-state index contributed by atoms with van der Waals surface area (Å²) in [5.74, 6) is 1.63. The Balaban J connectivity index is 0.883. The van der Waals surface area contributed by atoms with Crippen molar-refractivity contribution in [1.29, 1.82) is 0 Å². The first-order chi connectivity index (χ1) is 49.1. The number of rotatable bonds is 11. The van der Waals surface area contributed by atoms with Crippen LogP contribution in [0.15, 0.2) is 358 Å². The van der Waals surface area contributed by atoms with Crippen molar-refractivity contribution in [3.63, 3.8) is 0 Å². The van der Waals surface area contributed by atoms with E-state index < -0.39 is 0 Å². The van der Waals surface area contributed by atoms with Gasteiger partial charge in [-0.1, -0.05) is 146 Å². The second kappa shape index (κ2) is 23.3. The molecule has 16 aromatic rings. The van der Waals surface area contributed by atoms with Gasteiger partial charge < -0.3 is 9.80 Å².